The van der Waals surface area contributed by atoms with Crippen molar-refractivity contribution in [3.05, 3.63) is 24.3 Å². The van der Waals surface area contributed by atoms with E-state index in [4.69, 9.17) is 4.74 Å². The number of hydrogen-bond acceptors (Lipinski definition) is 4. The number of nitrogens with zero attached hydrogens (tertiary/aromatic N) is 3. The van der Waals surface area contributed by atoms with E-state index in [1.54, 1.807) is 12.4 Å². The van der Waals surface area contributed by atoms with Gasteiger partial charge in [0, 0.05) is 37.3 Å². The van der Waals surface area contributed by atoms with Crippen molar-refractivity contribution in [2.45, 2.75) is 45.4 Å². The van der Waals surface area contributed by atoms with Gasteiger partial charge < -0.3 is 9.64 Å². The Kier molecular flexibility index (Phi) is 4.73. The number of fused-ring (bicyclic) bond motifs is 2. The first-order valence-electron chi connectivity index (χ1n) is 8.28. The van der Waals surface area contributed by atoms with Crippen LogP contribution in [-0.2, 0) is 0 Å². The molecule has 3 aliphatic heterocycles. The lowest BCUT2D eigenvalue weighted by Crippen LogP contribution is -2.35. The van der Waals surface area contributed by atoms with Crippen LogP contribution in [0.25, 0.3) is 5.57 Å². The SMILES string of the molecule is CCCCCCOc1nccnc1C1=CN2CCC1CC2. The number of unbranched alkanes of at least 4 members (excludes halogenated alkanes) is 3. The minimum absolute atomic E-state index is 0.633. The molecule has 1 aromatic rings. The van der Waals surface area contributed by atoms with Crippen molar-refractivity contribution in [1.82, 2.24) is 14.9 Å². The van der Waals surface area contributed by atoms with Crippen LogP contribution in [0.15, 0.2) is 18.6 Å². The van der Waals surface area contributed by atoms with Gasteiger partial charge in [-0.25, -0.2) is 9.97 Å². The summed E-state index contributed by atoms with van der Waals surface area (Å²) >= 11 is 0. The highest BCUT2D eigenvalue weighted by atomic mass is 16.5. The first-order chi connectivity index (χ1) is 10.4. The molecule has 21 heavy (non-hydrogen) atoms. The standard InChI is InChI=1S/C17H25N3O/c1-2-3-4-5-12-21-17-16(18-8-9-19-17)15-13-20-10-6-14(15)7-11-20/h8-9,13-14H,2-7,10-12H2,1H3. The second-order valence-corrected chi connectivity index (χ2v) is 6.01. The molecule has 4 rings (SSSR count). The van der Waals surface area contributed by atoms with Crippen LogP contribution in [0.2, 0.25) is 0 Å². The van der Waals surface area contributed by atoms with Crippen LogP contribution >= 0.6 is 0 Å². The summed E-state index contributed by atoms with van der Waals surface area (Å²) in [5, 5.41) is 0. The Morgan fingerprint density at radius 3 is 2.67 bits per heavy atom. The summed E-state index contributed by atoms with van der Waals surface area (Å²) in [6.07, 6.45) is 13.1. The van der Waals surface area contributed by atoms with Crippen molar-refractivity contribution in [3.63, 3.8) is 0 Å². The Morgan fingerprint density at radius 2 is 1.95 bits per heavy atom. The van der Waals surface area contributed by atoms with Gasteiger partial charge in [-0.2, -0.15) is 0 Å². The van der Waals surface area contributed by atoms with E-state index < -0.39 is 0 Å². The molecule has 0 spiro atoms. The second-order valence-electron chi connectivity index (χ2n) is 6.01. The predicted octanol–water partition coefficient (Wildman–Crippen LogP) is 3.50. The molecule has 1 saturated heterocycles. The average Bonchev–Trinajstić information content (AvgIpc) is 2.56. The fourth-order valence-electron chi connectivity index (χ4n) is 3.22. The summed E-state index contributed by atoms with van der Waals surface area (Å²) in [5.41, 5.74) is 2.28. The fraction of sp³-hybridized carbons (Fsp3) is 0.647. The van der Waals surface area contributed by atoms with Gasteiger partial charge in [-0.15, -0.1) is 0 Å². The van der Waals surface area contributed by atoms with Gasteiger partial charge in [0.1, 0.15) is 5.69 Å². The van der Waals surface area contributed by atoms with E-state index in [-0.39, 0.29) is 0 Å². The predicted molar refractivity (Wildman–Crippen MR) is 83.9 cm³/mol. The zero-order chi connectivity index (χ0) is 14.5. The Balaban J connectivity index is 1.68. The lowest BCUT2D eigenvalue weighted by molar-refractivity contribution is 0.249. The van der Waals surface area contributed by atoms with Gasteiger partial charge in [0.05, 0.1) is 6.61 Å². The minimum atomic E-state index is 0.633. The first-order valence-corrected chi connectivity index (χ1v) is 8.28. The van der Waals surface area contributed by atoms with E-state index >= 15 is 0 Å². The van der Waals surface area contributed by atoms with E-state index in [1.807, 2.05) is 0 Å². The largest absolute Gasteiger partial charge is 0.476 e. The van der Waals surface area contributed by atoms with E-state index in [0.29, 0.717) is 11.8 Å². The second kappa shape index (κ2) is 6.92. The molecule has 1 aromatic heterocycles. The topological polar surface area (TPSA) is 38.3 Å². The van der Waals surface area contributed by atoms with Gasteiger partial charge in [0.2, 0.25) is 5.88 Å². The smallest absolute Gasteiger partial charge is 0.240 e. The lowest BCUT2D eigenvalue weighted by Gasteiger charge is -2.38. The van der Waals surface area contributed by atoms with Gasteiger partial charge in [-0.1, -0.05) is 26.2 Å². The quantitative estimate of drug-likeness (QED) is 0.719. The van der Waals surface area contributed by atoms with Crippen LogP contribution in [0.5, 0.6) is 5.88 Å². The first kappa shape index (κ1) is 14.4. The number of rotatable bonds is 7. The molecule has 0 N–H and O–H groups in total. The van der Waals surface area contributed by atoms with Gasteiger partial charge in [-0.05, 0) is 25.2 Å². The lowest BCUT2D eigenvalue weighted by atomic mass is 9.84. The molecule has 114 valence electrons. The molecule has 0 aliphatic carbocycles. The summed E-state index contributed by atoms with van der Waals surface area (Å²) in [6, 6.07) is 0. The third-order valence-corrected chi connectivity index (χ3v) is 4.47. The van der Waals surface area contributed by atoms with Gasteiger partial charge in [-0.3, -0.25) is 0 Å². The number of ether oxygens (including phenoxy) is 1. The van der Waals surface area contributed by atoms with Crippen LogP contribution in [-0.4, -0.2) is 34.6 Å². The highest BCUT2D eigenvalue weighted by Gasteiger charge is 2.30. The number of piperidine rings is 1. The molecule has 1 fully saturated rings. The Labute approximate surface area is 127 Å². The Bertz CT molecular complexity index is 493. The highest BCUT2D eigenvalue weighted by Crippen LogP contribution is 2.38. The molecule has 0 amide bonds. The molecule has 0 radical (unpaired) electrons. The molecule has 0 unspecified atom stereocenters. The summed E-state index contributed by atoms with van der Waals surface area (Å²) in [6.45, 7) is 5.33. The van der Waals surface area contributed by atoms with Crippen molar-refractivity contribution in [3.8, 4) is 5.88 Å². The van der Waals surface area contributed by atoms with E-state index in [9.17, 15) is 0 Å². The third-order valence-electron chi connectivity index (χ3n) is 4.47. The van der Waals surface area contributed by atoms with Crippen LogP contribution in [0.1, 0.15) is 51.1 Å². The molecule has 0 saturated carbocycles. The number of aromatic nitrogens is 2. The van der Waals surface area contributed by atoms with Crippen molar-refractivity contribution < 1.29 is 4.74 Å². The third kappa shape index (κ3) is 3.36. The van der Waals surface area contributed by atoms with Crippen molar-refractivity contribution in [2.24, 2.45) is 5.92 Å². The van der Waals surface area contributed by atoms with Gasteiger partial charge in [0.25, 0.3) is 0 Å². The van der Waals surface area contributed by atoms with Crippen LogP contribution in [0.3, 0.4) is 0 Å². The minimum Gasteiger partial charge on any atom is -0.476 e. The monoisotopic (exact) mass is 287 g/mol. The molecule has 0 aromatic carbocycles. The zero-order valence-corrected chi connectivity index (χ0v) is 12.9. The van der Waals surface area contributed by atoms with Crippen molar-refractivity contribution >= 4 is 5.57 Å². The molecule has 4 heterocycles. The average molecular weight is 287 g/mol. The van der Waals surface area contributed by atoms with Crippen molar-refractivity contribution in [2.75, 3.05) is 19.7 Å². The fourth-order valence-corrected chi connectivity index (χ4v) is 3.22. The Hall–Kier alpha value is -1.58. The van der Waals surface area contributed by atoms with Crippen LogP contribution < -0.4 is 4.74 Å². The van der Waals surface area contributed by atoms with Crippen LogP contribution in [0, 0.1) is 5.92 Å². The Morgan fingerprint density at radius 1 is 1.14 bits per heavy atom. The number of hydrogen-bond donors (Lipinski definition) is 0. The maximum atomic E-state index is 5.91. The zero-order valence-electron chi connectivity index (χ0n) is 12.9. The summed E-state index contributed by atoms with van der Waals surface area (Å²) in [4.78, 5) is 11.4. The summed E-state index contributed by atoms with van der Waals surface area (Å²) in [7, 11) is 0. The molecule has 4 heteroatoms. The molecule has 3 aliphatic rings. The normalized spacial score (nSPS) is 18.0. The molecular formula is C17H25N3O. The summed E-state index contributed by atoms with van der Waals surface area (Å²) in [5.74, 6) is 1.35. The maximum absolute atomic E-state index is 5.91. The molecule has 2 bridgehead atoms. The van der Waals surface area contributed by atoms with Gasteiger partial charge in [0.15, 0.2) is 0 Å². The highest BCUT2D eigenvalue weighted by molar-refractivity contribution is 5.69. The maximum Gasteiger partial charge on any atom is 0.240 e. The van der Waals surface area contributed by atoms with E-state index in [1.165, 1.54) is 50.8 Å². The van der Waals surface area contributed by atoms with Crippen molar-refractivity contribution in [1.29, 1.82) is 0 Å². The molecule has 4 nitrogen and oxygen atoms in total. The molecule has 0 atom stereocenters. The van der Waals surface area contributed by atoms with Gasteiger partial charge >= 0.3 is 0 Å². The van der Waals surface area contributed by atoms with E-state index in [0.717, 1.165) is 18.7 Å². The summed E-state index contributed by atoms with van der Waals surface area (Å²) < 4.78 is 5.91. The molecular weight excluding hydrogens is 262 g/mol. The van der Waals surface area contributed by atoms with Crippen LogP contribution in [0.4, 0.5) is 0 Å². The van der Waals surface area contributed by atoms with E-state index in [2.05, 4.69) is 28.0 Å². The number of allylic oxidation sites excluding steroid dienone is 1.